The number of furan rings is 1. The number of hydrogen-bond acceptors (Lipinski definition) is 5. The molecule has 0 bridgehead atoms. The van der Waals surface area contributed by atoms with Gasteiger partial charge in [0, 0.05) is 24.7 Å². The summed E-state index contributed by atoms with van der Waals surface area (Å²) in [5.74, 6) is 1.67. The molecule has 3 heterocycles. The van der Waals surface area contributed by atoms with Crippen LogP contribution in [0.15, 0.2) is 83.4 Å². The molecule has 0 radical (unpaired) electrons. The maximum atomic E-state index is 12.9. The highest BCUT2D eigenvalue weighted by molar-refractivity contribution is 7.80. The Bertz CT molecular complexity index is 1460. The molecule has 2 N–H and O–H groups in total. The van der Waals surface area contributed by atoms with Crippen LogP contribution in [0.3, 0.4) is 0 Å². The lowest BCUT2D eigenvalue weighted by Gasteiger charge is -2.26. The normalized spacial score (nSPS) is 16.8. The first-order valence-electron chi connectivity index (χ1n) is 11.9. The molecule has 10 heteroatoms. The molecule has 1 amide bonds. The minimum absolute atomic E-state index is 0.164. The molecule has 1 aliphatic heterocycles. The van der Waals surface area contributed by atoms with E-state index < -0.39 is 0 Å². The van der Waals surface area contributed by atoms with Crippen molar-refractivity contribution in [2.75, 3.05) is 19.0 Å². The quantitative estimate of drug-likeness (QED) is 0.231. The number of para-hydroxylation sites is 2. The van der Waals surface area contributed by atoms with Crippen molar-refractivity contribution < 1.29 is 13.9 Å². The number of carbonyl (C=O) groups is 1. The average molecular weight is 567 g/mol. The van der Waals surface area contributed by atoms with Gasteiger partial charge < -0.3 is 24.7 Å². The van der Waals surface area contributed by atoms with Crippen molar-refractivity contribution in [3.05, 3.63) is 100 Å². The van der Waals surface area contributed by atoms with Gasteiger partial charge in [-0.05, 0) is 60.7 Å². The van der Waals surface area contributed by atoms with Crippen molar-refractivity contribution in [3.8, 4) is 17.1 Å². The Labute approximate surface area is 235 Å². The number of rotatable bonds is 8. The SMILES string of the molecule is COc1ccccc1NC(=O)CCN1C(=S)N[C@H](c2ccccn2)[C@@H]1c1ccc(-c2cccc(Cl)c2Cl)o1. The van der Waals surface area contributed by atoms with Crippen LogP contribution >= 0.6 is 35.4 Å². The van der Waals surface area contributed by atoms with Gasteiger partial charge >= 0.3 is 0 Å². The second-order valence-corrected chi connectivity index (χ2v) is 9.79. The summed E-state index contributed by atoms with van der Waals surface area (Å²) in [6.07, 6.45) is 1.93. The van der Waals surface area contributed by atoms with Crippen LogP contribution in [0, 0.1) is 0 Å². The molecule has 1 saturated heterocycles. The Morgan fingerprint density at radius 3 is 2.71 bits per heavy atom. The average Bonchev–Trinajstić information content (AvgIpc) is 3.54. The third kappa shape index (κ3) is 5.34. The number of pyridine rings is 1. The molecule has 2 aromatic heterocycles. The molecule has 0 spiro atoms. The molecule has 7 nitrogen and oxygen atoms in total. The molecule has 5 rings (SSSR count). The van der Waals surface area contributed by atoms with Crippen LogP contribution in [0.4, 0.5) is 5.69 Å². The molecule has 2 atom stereocenters. The lowest BCUT2D eigenvalue weighted by molar-refractivity contribution is -0.116. The van der Waals surface area contributed by atoms with E-state index in [1.165, 1.54) is 0 Å². The van der Waals surface area contributed by atoms with Crippen LogP contribution < -0.4 is 15.4 Å². The fourth-order valence-corrected chi connectivity index (χ4v) is 5.21. The molecule has 0 aliphatic carbocycles. The fourth-order valence-electron chi connectivity index (χ4n) is 4.49. The van der Waals surface area contributed by atoms with Crippen molar-refractivity contribution in [3.63, 3.8) is 0 Å². The summed E-state index contributed by atoms with van der Waals surface area (Å²) in [5, 5.41) is 7.65. The first-order chi connectivity index (χ1) is 18.5. The second-order valence-electron chi connectivity index (χ2n) is 8.62. The zero-order valence-electron chi connectivity index (χ0n) is 20.4. The van der Waals surface area contributed by atoms with Gasteiger partial charge in [0.05, 0.1) is 34.6 Å². The molecular formula is C28H24Cl2N4O3S. The number of anilines is 1. The number of aromatic nitrogens is 1. The van der Waals surface area contributed by atoms with Crippen LogP contribution in [0.5, 0.6) is 5.75 Å². The smallest absolute Gasteiger partial charge is 0.226 e. The molecule has 1 aliphatic rings. The van der Waals surface area contributed by atoms with Crippen LogP contribution in [0.25, 0.3) is 11.3 Å². The molecule has 194 valence electrons. The first-order valence-corrected chi connectivity index (χ1v) is 13.1. The fraction of sp³-hybridized carbons (Fsp3) is 0.179. The predicted molar refractivity (Wildman–Crippen MR) is 153 cm³/mol. The van der Waals surface area contributed by atoms with E-state index in [1.807, 2.05) is 59.5 Å². The van der Waals surface area contributed by atoms with Crippen LogP contribution in [0.2, 0.25) is 10.0 Å². The number of ether oxygens (including phenoxy) is 1. The summed E-state index contributed by atoms with van der Waals surface area (Å²) in [6, 6.07) is 21.5. The second kappa shape index (κ2) is 11.4. The van der Waals surface area contributed by atoms with Crippen LogP contribution in [-0.2, 0) is 4.79 Å². The van der Waals surface area contributed by atoms with Crippen molar-refractivity contribution in [2.45, 2.75) is 18.5 Å². The van der Waals surface area contributed by atoms with E-state index in [4.69, 9.17) is 44.6 Å². The van der Waals surface area contributed by atoms with Gasteiger partial charge in [-0.1, -0.05) is 47.5 Å². The van der Waals surface area contributed by atoms with Crippen LogP contribution in [0.1, 0.15) is 30.0 Å². The van der Waals surface area contributed by atoms with Crippen LogP contribution in [-0.4, -0.2) is 34.6 Å². The molecule has 1 fully saturated rings. The number of thiocarbonyl (C=S) groups is 1. The molecular weight excluding hydrogens is 543 g/mol. The Hall–Kier alpha value is -3.59. The highest BCUT2D eigenvalue weighted by Gasteiger charge is 2.41. The Morgan fingerprint density at radius 1 is 1.11 bits per heavy atom. The first kappa shape index (κ1) is 26.0. The van der Waals surface area contributed by atoms with Gasteiger partial charge in [0.25, 0.3) is 0 Å². The van der Waals surface area contributed by atoms with Gasteiger partial charge in [-0.15, -0.1) is 0 Å². The zero-order valence-corrected chi connectivity index (χ0v) is 22.7. The van der Waals surface area contributed by atoms with E-state index >= 15 is 0 Å². The number of nitrogens with one attached hydrogen (secondary N) is 2. The molecule has 0 unspecified atom stereocenters. The Morgan fingerprint density at radius 2 is 1.92 bits per heavy atom. The van der Waals surface area contributed by atoms with E-state index in [0.717, 1.165) is 5.69 Å². The predicted octanol–water partition coefficient (Wildman–Crippen LogP) is 6.66. The van der Waals surface area contributed by atoms with Gasteiger partial charge in [-0.25, -0.2) is 0 Å². The monoisotopic (exact) mass is 566 g/mol. The topological polar surface area (TPSA) is 79.6 Å². The Balaban J connectivity index is 1.41. The van der Waals surface area contributed by atoms with Crippen molar-refractivity contribution >= 4 is 52.1 Å². The number of hydrogen-bond donors (Lipinski definition) is 2. The van der Waals surface area contributed by atoms with Crippen molar-refractivity contribution in [2.24, 2.45) is 0 Å². The number of methoxy groups -OCH3 is 1. The van der Waals surface area contributed by atoms with Gasteiger partial charge in [0.2, 0.25) is 5.91 Å². The summed E-state index contributed by atoms with van der Waals surface area (Å²) in [4.78, 5) is 19.4. The van der Waals surface area contributed by atoms with Gasteiger partial charge in [-0.2, -0.15) is 0 Å². The highest BCUT2D eigenvalue weighted by Crippen LogP contribution is 2.42. The lowest BCUT2D eigenvalue weighted by Crippen LogP contribution is -2.32. The van der Waals surface area contributed by atoms with E-state index in [0.29, 0.717) is 50.2 Å². The number of carbonyl (C=O) groups excluding carboxylic acids is 1. The summed E-state index contributed by atoms with van der Waals surface area (Å²) in [6.45, 7) is 0.356. The molecule has 0 saturated carbocycles. The summed E-state index contributed by atoms with van der Waals surface area (Å²) in [7, 11) is 1.57. The lowest BCUT2D eigenvalue weighted by atomic mass is 10.0. The van der Waals surface area contributed by atoms with E-state index in [1.54, 1.807) is 31.5 Å². The molecule has 2 aromatic carbocycles. The highest BCUT2D eigenvalue weighted by atomic mass is 35.5. The molecule has 4 aromatic rings. The van der Waals surface area contributed by atoms with Crippen molar-refractivity contribution in [1.29, 1.82) is 0 Å². The van der Waals surface area contributed by atoms with Gasteiger partial charge in [0.15, 0.2) is 5.11 Å². The van der Waals surface area contributed by atoms with E-state index in [9.17, 15) is 4.79 Å². The maximum absolute atomic E-state index is 12.9. The Kier molecular flexibility index (Phi) is 7.83. The zero-order chi connectivity index (χ0) is 26.6. The summed E-state index contributed by atoms with van der Waals surface area (Å²) >= 11 is 18.4. The summed E-state index contributed by atoms with van der Waals surface area (Å²) in [5.41, 5.74) is 2.11. The van der Waals surface area contributed by atoms with Crippen molar-refractivity contribution in [1.82, 2.24) is 15.2 Å². The third-order valence-electron chi connectivity index (χ3n) is 6.29. The van der Waals surface area contributed by atoms with Gasteiger partial charge in [0.1, 0.15) is 23.3 Å². The largest absolute Gasteiger partial charge is 0.495 e. The standard InChI is InChI=1S/C28H24Cl2N4O3S/c1-36-22-11-3-2-9-19(22)32-24(35)14-16-34-27(26(33-28(34)38)20-10-4-5-15-31-20)23-13-12-21(37-23)17-7-6-8-18(29)25(17)30/h2-13,15,26-27H,14,16H2,1H3,(H,32,35)(H,33,38)/t26-,27+/m1/s1. The molecule has 38 heavy (non-hydrogen) atoms. The third-order valence-corrected chi connectivity index (χ3v) is 7.47. The summed E-state index contributed by atoms with van der Waals surface area (Å²) < 4.78 is 11.7. The number of halogens is 2. The minimum Gasteiger partial charge on any atom is -0.495 e. The number of nitrogens with zero attached hydrogens (tertiary/aromatic N) is 2. The maximum Gasteiger partial charge on any atom is 0.226 e. The minimum atomic E-state index is -0.344. The number of benzene rings is 2. The number of amides is 1. The van der Waals surface area contributed by atoms with Gasteiger partial charge in [-0.3, -0.25) is 9.78 Å². The van der Waals surface area contributed by atoms with E-state index in [-0.39, 0.29) is 24.4 Å². The van der Waals surface area contributed by atoms with E-state index in [2.05, 4.69) is 15.6 Å².